The Bertz CT molecular complexity index is 861. The first kappa shape index (κ1) is 18.6. The maximum absolute atomic E-state index is 12.6. The molecule has 1 aromatic heterocycles. The number of aromatic nitrogens is 1. The lowest BCUT2D eigenvalue weighted by Gasteiger charge is -2.31. The van der Waals surface area contributed by atoms with Crippen molar-refractivity contribution in [1.29, 1.82) is 0 Å². The molecule has 0 saturated carbocycles. The summed E-state index contributed by atoms with van der Waals surface area (Å²) < 4.78 is 32.9. The van der Waals surface area contributed by atoms with Gasteiger partial charge in [-0.3, -0.25) is 4.72 Å². The highest BCUT2D eigenvalue weighted by molar-refractivity contribution is 7.93. The zero-order chi connectivity index (χ0) is 18.1. The number of rotatable bonds is 5. The van der Waals surface area contributed by atoms with Gasteiger partial charge in [0.05, 0.1) is 16.2 Å². The molecule has 1 saturated heterocycles. The quantitative estimate of drug-likeness (QED) is 0.802. The van der Waals surface area contributed by atoms with Crippen LogP contribution >= 0.6 is 22.9 Å². The summed E-state index contributed by atoms with van der Waals surface area (Å²) >= 11 is 7.20. The van der Waals surface area contributed by atoms with Crippen LogP contribution in [-0.2, 0) is 21.2 Å². The standard InChI is InChI=1S/C16H19ClN2O4S2/c1-11-13(17)3-2-4-14(11)25(21,22)19-15-18-12(10-24-15)9-16(20)5-7-23-8-6-16/h2-4,10,20H,5-9H2,1H3,(H,18,19). The van der Waals surface area contributed by atoms with E-state index in [0.717, 1.165) is 0 Å². The summed E-state index contributed by atoms with van der Waals surface area (Å²) in [5.74, 6) is 0. The molecule has 1 aromatic carbocycles. The van der Waals surface area contributed by atoms with Crippen LogP contribution in [0.15, 0.2) is 28.5 Å². The predicted molar refractivity (Wildman–Crippen MR) is 97.8 cm³/mol. The van der Waals surface area contributed by atoms with E-state index in [-0.39, 0.29) is 10.0 Å². The van der Waals surface area contributed by atoms with E-state index in [0.29, 0.717) is 48.8 Å². The van der Waals surface area contributed by atoms with E-state index in [4.69, 9.17) is 16.3 Å². The van der Waals surface area contributed by atoms with E-state index in [9.17, 15) is 13.5 Å². The maximum atomic E-state index is 12.6. The molecule has 2 heterocycles. The number of thiazole rings is 1. The molecule has 2 N–H and O–H groups in total. The Balaban J connectivity index is 1.75. The summed E-state index contributed by atoms with van der Waals surface area (Å²) in [5.41, 5.74) is 0.311. The van der Waals surface area contributed by atoms with Crippen molar-refractivity contribution in [2.24, 2.45) is 0 Å². The maximum Gasteiger partial charge on any atom is 0.263 e. The Morgan fingerprint density at radius 3 is 2.84 bits per heavy atom. The lowest BCUT2D eigenvalue weighted by Crippen LogP contribution is -2.38. The second-order valence-electron chi connectivity index (χ2n) is 6.13. The van der Waals surface area contributed by atoms with Gasteiger partial charge in [0.15, 0.2) is 5.13 Å². The number of anilines is 1. The Morgan fingerprint density at radius 2 is 2.12 bits per heavy atom. The largest absolute Gasteiger partial charge is 0.389 e. The molecule has 25 heavy (non-hydrogen) atoms. The molecule has 0 spiro atoms. The fraction of sp³-hybridized carbons (Fsp3) is 0.438. The van der Waals surface area contributed by atoms with Gasteiger partial charge >= 0.3 is 0 Å². The molecule has 1 aliphatic rings. The SMILES string of the molecule is Cc1c(Cl)cccc1S(=O)(=O)Nc1nc(CC2(O)CCOCC2)cs1. The van der Waals surface area contributed by atoms with Crippen LogP contribution in [0.1, 0.15) is 24.1 Å². The van der Waals surface area contributed by atoms with Gasteiger partial charge in [0.2, 0.25) is 0 Å². The molecule has 0 amide bonds. The van der Waals surface area contributed by atoms with Crippen molar-refractivity contribution in [1.82, 2.24) is 4.98 Å². The van der Waals surface area contributed by atoms with Gasteiger partial charge in [-0.05, 0) is 37.5 Å². The van der Waals surface area contributed by atoms with E-state index < -0.39 is 15.6 Å². The molecule has 1 aliphatic heterocycles. The molecular weight excluding hydrogens is 384 g/mol. The molecule has 6 nitrogen and oxygen atoms in total. The number of aliphatic hydroxyl groups is 1. The lowest BCUT2D eigenvalue weighted by molar-refractivity contribution is -0.0629. The molecule has 0 aliphatic carbocycles. The van der Waals surface area contributed by atoms with Crippen molar-refractivity contribution >= 4 is 38.1 Å². The highest BCUT2D eigenvalue weighted by Gasteiger charge is 2.31. The third-order valence-electron chi connectivity index (χ3n) is 4.21. The molecule has 1 fully saturated rings. The number of benzene rings is 1. The highest BCUT2D eigenvalue weighted by Crippen LogP contribution is 2.29. The Labute approximate surface area is 155 Å². The molecule has 0 atom stereocenters. The number of nitrogens with one attached hydrogen (secondary N) is 1. The van der Waals surface area contributed by atoms with E-state index in [2.05, 4.69) is 9.71 Å². The number of halogens is 1. The minimum Gasteiger partial charge on any atom is -0.389 e. The van der Waals surface area contributed by atoms with Crippen LogP contribution < -0.4 is 4.72 Å². The molecule has 0 radical (unpaired) electrons. The van der Waals surface area contributed by atoms with Gasteiger partial charge in [-0.15, -0.1) is 11.3 Å². The fourth-order valence-electron chi connectivity index (χ4n) is 2.75. The lowest BCUT2D eigenvalue weighted by atomic mass is 9.90. The summed E-state index contributed by atoms with van der Waals surface area (Å²) in [7, 11) is -3.77. The monoisotopic (exact) mass is 402 g/mol. The smallest absolute Gasteiger partial charge is 0.263 e. The Hall–Kier alpha value is -1.19. The second kappa shape index (κ2) is 7.20. The third-order valence-corrected chi connectivity index (χ3v) is 7.04. The molecule has 0 unspecified atom stereocenters. The average Bonchev–Trinajstić information content (AvgIpc) is 2.96. The van der Waals surface area contributed by atoms with Gasteiger partial charge in [0.1, 0.15) is 0 Å². The van der Waals surface area contributed by atoms with Crippen molar-refractivity contribution in [3.05, 3.63) is 39.9 Å². The first-order chi connectivity index (χ1) is 11.8. The number of hydrogen-bond donors (Lipinski definition) is 2. The van der Waals surface area contributed by atoms with Crippen LogP contribution in [0.5, 0.6) is 0 Å². The number of ether oxygens (including phenoxy) is 1. The average molecular weight is 403 g/mol. The number of hydrogen-bond acceptors (Lipinski definition) is 6. The zero-order valence-electron chi connectivity index (χ0n) is 13.7. The minimum atomic E-state index is -3.77. The summed E-state index contributed by atoms with van der Waals surface area (Å²) in [6.45, 7) is 2.70. The first-order valence-corrected chi connectivity index (χ1v) is 10.6. The topological polar surface area (TPSA) is 88.5 Å². The second-order valence-corrected chi connectivity index (χ2v) is 9.04. The molecule has 0 bridgehead atoms. The molecule has 136 valence electrons. The predicted octanol–water partition coefficient (Wildman–Crippen LogP) is 2.99. The Morgan fingerprint density at radius 1 is 1.40 bits per heavy atom. The van der Waals surface area contributed by atoms with Crippen molar-refractivity contribution in [2.45, 2.75) is 36.7 Å². The summed E-state index contributed by atoms with van der Waals surface area (Å²) in [5, 5.41) is 13.0. The van der Waals surface area contributed by atoms with Gasteiger partial charge in [-0.1, -0.05) is 17.7 Å². The molecular formula is C16H19ClN2O4S2. The van der Waals surface area contributed by atoms with Gasteiger partial charge in [-0.25, -0.2) is 13.4 Å². The van der Waals surface area contributed by atoms with E-state index >= 15 is 0 Å². The van der Waals surface area contributed by atoms with Crippen LogP contribution in [0.2, 0.25) is 5.02 Å². The van der Waals surface area contributed by atoms with Crippen LogP contribution in [0, 0.1) is 6.92 Å². The highest BCUT2D eigenvalue weighted by atomic mass is 35.5. The van der Waals surface area contributed by atoms with Gasteiger partial charge < -0.3 is 9.84 Å². The van der Waals surface area contributed by atoms with Crippen molar-refractivity contribution in [3.63, 3.8) is 0 Å². The summed E-state index contributed by atoms with van der Waals surface area (Å²) in [6, 6.07) is 4.74. The fourth-order valence-corrected chi connectivity index (χ4v) is 5.21. The minimum absolute atomic E-state index is 0.125. The van der Waals surface area contributed by atoms with E-state index in [1.54, 1.807) is 24.4 Å². The van der Waals surface area contributed by atoms with Gasteiger partial charge in [0, 0.05) is 30.0 Å². The van der Waals surface area contributed by atoms with E-state index in [1.165, 1.54) is 17.4 Å². The number of nitrogens with zero attached hydrogens (tertiary/aromatic N) is 1. The van der Waals surface area contributed by atoms with E-state index in [1.807, 2.05) is 0 Å². The first-order valence-electron chi connectivity index (χ1n) is 7.82. The summed E-state index contributed by atoms with van der Waals surface area (Å²) in [6.07, 6.45) is 1.48. The van der Waals surface area contributed by atoms with Crippen molar-refractivity contribution in [3.8, 4) is 0 Å². The van der Waals surface area contributed by atoms with Crippen LogP contribution in [0.25, 0.3) is 0 Å². The van der Waals surface area contributed by atoms with Crippen LogP contribution in [-0.4, -0.2) is 37.3 Å². The van der Waals surface area contributed by atoms with Gasteiger partial charge in [-0.2, -0.15) is 0 Å². The van der Waals surface area contributed by atoms with Crippen LogP contribution in [0.3, 0.4) is 0 Å². The Kier molecular flexibility index (Phi) is 5.36. The van der Waals surface area contributed by atoms with Crippen molar-refractivity contribution < 1.29 is 18.3 Å². The van der Waals surface area contributed by atoms with Crippen molar-refractivity contribution in [2.75, 3.05) is 17.9 Å². The third kappa shape index (κ3) is 4.32. The number of sulfonamides is 1. The zero-order valence-corrected chi connectivity index (χ0v) is 16.0. The summed E-state index contributed by atoms with van der Waals surface area (Å²) in [4.78, 5) is 4.43. The molecule has 3 rings (SSSR count). The van der Waals surface area contributed by atoms with Gasteiger partial charge in [0.25, 0.3) is 10.0 Å². The molecule has 9 heteroatoms. The molecule has 2 aromatic rings. The normalized spacial score (nSPS) is 17.4. The van der Waals surface area contributed by atoms with Crippen LogP contribution in [0.4, 0.5) is 5.13 Å².